The highest BCUT2D eigenvalue weighted by atomic mass is 19.1. The van der Waals surface area contributed by atoms with E-state index in [9.17, 15) is 9.18 Å². The van der Waals surface area contributed by atoms with Gasteiger partial charge in [0.1, 0.15) is 11.4 Å². The number of benzene rings is 1. The number of hydrogen-bond donors (Lipinski definition) is 4. The molecule has 0 spiro atoms. The maximum Gasteiger partial charge on any atom is 0.340 e. The Morgan fingerprint density at radius 2 is 2.11 bits per heavy atom. The molecular formula is C13H19FN2O3. The van der Waals surface area contributed by atoms with E-state index in [1.165, 1.54) is 6.07 Å². The van der Waals surface area contributed by atoms with Gasteiger partial charge >= 0.3 is 5.97 Å². The van der Waals surface area contributed by atoms with Gasteiger partial charge in [-0.3, -0.25) is 0 Å². The Balaban J connectivity index is 2.96. The summed E-state index contributed by atoms with van der Waals surface area (Å²) in [5.41, 5.74) is 4.87. The fourth-order valence-electron chi connectivity index (χ4n) is 1.70. The van der Waals surface area contributed by atoms with Crippen molar-refractivity contribution in [2.75, 3.05) is 24.2 Å². The monoisotopic (exact) mass is 270 g/mol. The summed E-state index contributed by atoms with van der Waals surface area (Å²) >= 11 is 0. The number of nitrogens with two attached hydrogens (primary N) is 1. The van der Waals surface area contributed by atoms with E-state index in [4.69, 9.17) is 15.9 Å². The zero-order valence-electron chi connectivity index (χ0n) is 11.0. The molecule has 0 unspecified atom stereocenters. The molecular weight excluding hydrogens is 251 g/mol. The molecule has 0 radical (unpaired) electrons. The number of anilines is 2. The van der Waals surface area contributed by atoms with Gasteiger partial charge in [-0.2, -0.15) is 0 Å². The first-order chi connectivity index (χ1) is 8.78. The Hall–Kier alpha value is -1.82. The van der Waals surface area contributed by atoms with Crippen molar-refractivity contribution >= 4 is 17.3 Å². The van der Waals surface area contributed by atoms with E-state index in [-0.39, 0.29) is 29.0 Å². The molecule has 0 amide bonds. The molecule has 0 bridgehead atoms. The SMILES string of the molecule is CC(C)(CCO)CNc1ccc(F)c(N)c1C(=O)O. The van der Waals surface area contributed by atoms with Gasteiger partial charge in [-0.1, -0.05) is 13.8 Å². The molecule has 0 fully saturated rings. The number of carbonyl (C=O) groups is 1. The van der Waals surface area contributed by atoms with Crippen molar-refractivity contribution in [2.45, 2.75) is 20.3 Å². The van der Waals surface area contributed by atoms with E-state index in [2.05, 4.69) is 5.32 Å². The summed E-state index contributed by atoms with van der Waals surface area (Å²) in [7, 11) is 0. The van der Waals surface area contributed by atoms with Gasteiger partial charge in [-0.05, 0) is 24.0 Å². The lowest BCUT2D eigenvalue weighted by atomic mass is 9.89. The van der Waals surface area contributed by atoms with E-state index in [0.29, 0.717) is 13.0 Å². The number of carboxylic acids is 1. The molecule has 1 aromatic carbocycles. The summed E-state index contributed by atoms with van der Waals surface area (Å²) in [6, 6.07) is 2.48. The highest BCUT2D eigenvalue weighted by Gasteiger charge is 2.21. The summed E-state index contributed by atoms with van der Waals surface area (Å²) in [5.74, 6) is -2.03. The number of nitrogens with one attached hydrogen (secondary N) is 1. The van der Waals surface area contributed by atoms with Crippen molar-refractivity contribution in [3.05, 3.63) is 23.5 Å². The number of nitrogen functional groups attached to an aromatic ring is 1. The predicted molar refractivity (Wildman–Crippen MR) is 71.7 cm³/mol. The molecule has 6 heteroatoms. The normalized spacial score (nSPS) is 11.4. The van der Waals surface area contributed by atoms with Crippen LogP contribution in [-0.4, -0.2) is 29.3 Å². The highest BCUT2D eigenvalue weighted by Crippen LogP contribution is 2.27. The largest absolute Gasteiger partial charge is 0.478 e. The fraction of sp³-hybridized carbons (Fsp3) is 0.462. The van der Waals surface area contributed by atoms with Gasteiger partial charge in [0.2, 0.25) is 0 Å². The van der Waals surface area contributed by atoms with Crippen molar-refractivity contribution in [1.29, 1.82) is 0 Å². The van der Waals surface area contributed by atoms with Gasteiger partial charge in [0.15, 0.2) is 0 Å². The van der Waals surface area contributed by atoms with E-state index in [0.717, 1.165) is 6.07 Å². The van der Waals surface area contributed by atoms with Gasteiger partial charge in [0.25, 0.3) is 0 Å². The summed E-state index contributed by atoms with van der Waals surface area (Å²) < 4.78 is 13.3. The van der Waals surface area contributed by atoms with Crippen molar-refractivity contribution in [2.24, 2.45) is 5.41 Å². The highest BCUT2D eigenvalue weighted by molar-refractivity contribution is 6.00. The Morgan fingerprint density at radius 1 is 1.47 bits per heavy atom. The molecule has 0 aliphatic carbocycles. The van der Waals surface area contributed by atoms with Gasteiger partial charge < -0.3 is 21.3 Å². The first-order valence-electron chi connectivity index (χ1n) is 5.94. The third kappa shape index (κ3) is 3.82. The quantitative estimate of drug-likeness (QED) is 0.592. The number of aliphatic hydroxyl groups is 1. The summed E-state index contributed by atoms with van der Waals surface area (Å²) in [4.78, 5) is 11.1. The lowest BCUT2D eigenvalue weighted by molar-refractivity contribution is 0.0698. The lowest BCUT2D eigenvalue weighted by Gasteiger charge is -2.25. The Morgan fingerprint density at radius 3 is 2.63 bits per heavy atom. The third-order valence-electron chi connectivity index (χ3n) is 2.95. The van der Waals surface area contributed by atoms with E-state index in [1.807, 2.05) is 13.8 Å². The number of carboxylic acid groups (broad SMARTS) is 1. The molecule has 0 aliphatic rings. The Kier molecular flexibility index (Phi) is 4.72. The molecule has 1 rings (SSSR count). The standard InChI is InChI=1S/C13H19FN2O3/c1-13(2,5-6-17)7-16-9-4-3-8(14)11(15)10(9)12(18)19/h3-4,16-17H,5-7,15H2,1-2H3,(H,18,19). The lowest BCUT2D eigenvalue weighted by Crippen LogP contribution is -2.25. The number of hydrogen-bond acceptors (Lipinski definition) is 4. The number of rotatable bonds is 6. The van der Waals surface area contributed by atoms with E-state index < -0.39 is 11.8 Å². The summed E-state index contributed by atoms with van der Waals surface area (Å²) in [6.45, 7) is 4.36. The average Bonchev–Trinajstić information content (AvgIpc) is 2.30. The number of halogens is 1. The molecule has 0 saturated carbocycles. The van der Waals surface area contributed by atoms with Crippen LogP contribution in [0.4, 0.5) is 15.8 Å². The smallest absolute Gasteiger partial charge is 0.340 e. The molecule has 0 heterocycles. The third-order valence-corrected chi connectivity index (χ3v) is 2.95. The minimum Gasteiger partial charge on any atom is -0.478 e. The Labute approximate surface area is 111 Å². The molecule has 19 heavy (non-hydrogen) atoms. The molecule has 0 saturated heterocycles. The van der Waals surface area contributed by atoms with Crippen LogP contribution in [0.1, 0.15) is 30.6 Å². The maximum atomic E-state index is 13.3. The van der Waals surface area contributed by atoms with E-state index in [1.54, 1.807) is 0 Å². The first kappa shape index (κ1) is 15.2. The van der Waals surface area contributed by atoms with Crippen LogP contribution in [0.3, 0.4) is 0 Å². The van der Waals surface area contributed by atoms with Crippen LogP contribution >= 0.6 is 0 Å². The summed E-state index contributed by atoms with van der Waals surface area (Å²) in [6.07, 6.45) is 0.569. The molecule has 106 valence electrons. The van der Waals surface area contributed by atoms with Crippen LogP contribution in [0, 0.1) is 11.2 Å². The van der Waals surface area contributed by atoms with Crippen molar-refractivity contribution in [3.63, 3.8) is 0 Å². The van der Waals surface area contributed by atoms with Gasteiger partial charge in [0, 0.05) is 13.2 Å². The fourth-order valence-corrected chi connectivity index (χ4v) is 1.70. The second-order valence-corrected chi connectivity index (χ2v) is 5.18. The average molecular weight is 270 g/mol. The molecule has 5 N–H and O–H groups in total. The minimum atomic E-state index is -1.28. The number of aromatic carboxylic acids is 1. The first-order valence-corrected chi connectivity index (χ1v) is 5.94. The number of aliphatic hydroxyl groups excluding tert-OH is 1. The van der Waals surface area contributed by atoms with Gasteiger partial charge in [0.05, 0.1) is 11.4 Å². The topological polar surface area (TPSA) is 95.6 Å². The van der Waals surface area contributed by atoms with Crippen LogP contribution in [0.25, 0.3) is 0 Å². The summed E-state index contributed by atoms with van der Waals surface area (Å²) in [5, 5.41) is 21.0. The van der Waals surface area contributed by atoms with Crippen LogP contribution < -0.4 is 11.1 Å². The molecule has 0 atom stereocenters. The second kappa shape index (κ2) is 5.88. The predicted octanol–water partition coefficient (Wildman–Crippen LogP) is 1.93. The van der Waals surface area contributed by atoms with Gasteiger partial charge in [-0.25, -0.2) is 9.18 Å². The molecule has 1 aromatic rings. The Bertz CT molecular complexity index is 475. The zero-order chi connectivity index (χ0) is 14.6. The maximum absolute atomic E-state index is 13.3. The van der Waals surface area contributed by atoms with E-state index >= 15 is 0 Å². The molecule has 5 nitrogen and oxygen atoms in total. The van der Waals surface area contributed by atoms with Crippen molar-refractivity contribution < 1.29 is 19.4 Å². The van der Waals surface area contributed by atoms with Crippen LogP contribution in [0.2, 0.25) is 0 Å². The van der Waals surface area contributed by atoms with Gasteiger partial charge in [-0.15, -0.1) is 0 Å². The van der Waals surface area contributed by atoms with Crippen LogP contribution in [-0.2, 0) is 0 Å². The van der Waals surface area contributed by atoms with Crippen molar-refractivity contribution in [1.82, 2.24) is 0 Å². The minimum absolute atomic E-state index is 0.0476. The molecule has 0 aliphatic heterocycles. The zero-order valence-corrected chi connectivity index (χ0v) is 11.0. The van der Waals surface area contributed by atoms with Crippen molar-refractivity contribution in [3.8, 4) is 0 Å². The van der Waals surface area contributed by atoms with Crippen LogP contribution in [0.5, 0.6) is 0 Å². The molecule has 0 aromatic heterocycles. The second-order valence-electron chi connectivity index (χ2n) is 5.18. The van der Waals surface area contributed by atoms with Crippen LogP contribution in [0.15, 0.2) is 12.1 Å².